The molecule has 24 heavy (non-hydrogen) atoms. The smallest absolute Gasteiger partial charge is 0.244 e. The highest BCUT2D eigenvalue weighted by Gasteiger charge is 2.05. The van der Waals surface area contributed by atoms with E-state index in [2.05, 4.69) is 27.4 Å². The summed E-state index contributed by atoms with van der Waals surface area (Å²) in [6.07, 6.45) is 7.44. The Labute approximate surface area is 142 Å². The van der Waals surface area contributed by atoms with Crippen molar-refractivity contribution in [2.75, 3.05) is 6.54 Å². The van der Waals surface area contributed by atoms with Crippen LogP contribution < -0.4 is 10.1 Å². The second-order valence-corrected chi connectivity index (χ2v) is 5.53. The van der Waals surface area contributed by atoms with Crippen LogP contribution in [0.2, 0.25) is 0 Å². The van der Waals surface area contributed by atoms with Crippen LogP contribution in [0.25, 0.3) is 6.08 Å². The average Bonchev–Trinajstić information content (AvgIpc) is 3.11. The highest BCUT2D eigenvalue weighted by Crippen LogP contribution is 2.21. The van der Waals surface area contributed by atoms with Crippen LogP contribution in [0.4, 0.5) is 0 Å². The van der Waals surface area contributed by atoms with Gasteiger partial charge in [0.05, 0.1) is 6.10 Å². The van der Waals surface area contributed by atoms with Gasteiger partial charge in [-0.3, -0.25) is 9.89 Å². The molecule has 0 saturated heterocycles. The average molecular weight is 328 g/mol. The lowest BCUT2D eigenvalue weighted by atomic mass is 10.2. The molecule has 0 aliphatic heterocycles. The number of rotatable bonds is 9. The summed E-state index contributed by atoms with van der Waals surface area (Å²) in [6, 6.07) is 7.71. The molecule has 0 bridgehead atoms. The predicted octanol–water partition coefficient (Wildman–Crippen LogP) is 2.74. The molecular weight excluding hydrogens is 304 g/mol. The summed E-state index contributed by atoms with van der Waals surface area (Å²) in [6.45, 7) is 4.70. The van der Waals surface area contributed by atoms with Crippen LogP contribution in [-0.2, 0) is 11.2 Å². The summed E-state index contributed by atoms with van der Waals surface area (Å²) in [5.41, 5.74) is 0.898. The van der Waals surface area contributed by atoms with Gasteiger partial charge < -0.3 is 10.1 Å². The summed E-state index contributed by atoms with van der Waals surface area (Å²) < 4.78 is 5.87. The number of nitrogens with one attached hydrogen (secondary N) is 2. The Hall–Kier alpha value is -2.63. The number of carbonyl (C=O) groups is 1. The zero-order chi connectivity index (χ0) is 17.2. The van der Waals surface area contributed by atoms with E-state index in [1.807, 2.05) is 31.2 Å². The van der Waals surface area contributed by atoms with E-state index in [-0.39, 0.29) is 12.0 Å². The molecule has 2 rings (SSSR count). The standard InChI is InChI=1S/C18H24N4O2/c1-3-14(2)24-16-8-5-4-7-15(16)10-11-18(23)19-12-6-9-17-20-13-21-22-17/h4-5,7-8,10-11,13-14H,3,6,9,12H2,1-2H3,(H,19,23)(H,20,21,22)/b11-10+/t14-/m1/s1. The molecule has 0 aliphatic rings. The van der Waals surface area contributed by atoms with E-state index in [0.717, 1.165) is 36.4 Å². The van der Waals surface area contributed by atoms with Crippen LogP contribution in [0.3, 0.4) is 0 Å². The number of amides is 1. The Balaban J connectivity index is 1.80. The second-order valence-electron chi connectivity index (χ2n) is 5.53. The summed E-state index contributed by atoms with van der Waals surface area (Å²) in [5, 5.41) is 9.44. The molecule has 1 atom stereocenters. The van der Waals surface area contributed by atoms with Gasteiger partial charge in [0.2, 0.25) is 5.91 Å². The molecule has 1 heterocycles. The molecule has 1 aromatic carbocycles. The normalized spacial score (nSPS) is 12.2. The lowest BCUT2D eigenvalue weighted by Crippen LogP contribution is -2.22. The Morgan fingerprint density at radius 1 is 1.42 bits per heavy atom. The molecule has 2 N–H and O–H groups in total. The van der Waals surface area contributed by atoms with Gasteiger partial charge in [-0.2, -0.15) is 5.10 Å². The zero-order valence-corrected chi connectivity index (χ0v) is 14.2. The maximum atomic E-state index is 11.9. The van der Waals surface area contributed by atoms with Crippen LogP contribution in [0.1, 0.15) is 38.1 Å². The Bertz CT molecular complexity index is 653. The fourth-order valence-electron chi connectivity index (χ4n) is 2.07. The Morgan fingerprint density at radius 3 is 3.00 bits per heavy atom. The van der Waals surface area contributed by atoms with Crippen molar-refractivity contribution in [3.63, 3.8) is 0 Å². The van der Waals surface area contributed by atoms with Gasteiger partial charge in [-0.05, 0) is 31.9 Å². The number of aromatic nitrogens is 3. The van der Waals surface area contributed by atoms with Crippen molar-refractivity contribution >= 4 is 12.0 Å². The quantitative estimate of drug-likeness (QED) is 0.548. The van der Waals surface area contributed by atoms with Crippen molar-refractivity contribution in [2.24, 2.45) is 0 Å². The minimum Gasteiger partial charge on any atom is -0.490 e. The zero-order valence-electron chi connectivity index (χ0n) is 14.2. The number of hydrogen-bond acceptors (Lipinski definition) is 4. The van der Waals surface area contributed by atoms with E-state index in [9.17, 15) is 4.79 Å². The molecule has 0 unspecified atom stereocenters. The SMILES string of the molecule is CC[C@@H](C)Oc1ccccc1/C=C/C(=O)NCCCc1ncn[nH]1. The molecule has 1 amide bonds. The first-order valence-corrected chi connectivity index (χ1v) is 8.25. The van der Waals surface area contributed by atoms with Crippen LogP contribution in [0.5, 0.6) is 5.75 Å². The van der Waals surface area contributed by atoms with Gasteiger partial charge in [0.25, 0.3) is 0 Å². The fraction of sp³-hybridized carbons (Fsp3) is 0.389. The number of hydrogen-bond donors (Lipinski definition) is 2. The van der Waals surface area contributed by atoms with Crippen molar-refractivity contribution in [1.82, 2.24) is 20.5 Å². The third kappa shape index (κ3) is 5.87. The minimum atomic E-state index is -0.120. The van der Waals surface area contributed by atoms with Crippen molar-refractivity contribution in [3.05, 3.63) is 48.1 Å². The second kappa shape index (κ2) is 9.50. The number of aromatic amines is 1. The molecule has 128 valence electrons. The molecule has 0 spiro atoms. The molecular formula is C18H24N4O2. The van der Waals surface area contributed by atoms with Gasteiger partial charge in [-0.25, -0.2) is 4.98 Å². The summed E-state index contributed by atoms with van der Waals surface area (Å²) in [5.74, 6) is 1.50. The maximum absolute atomic E-state index is 11.9. The molecule has 0 aliphatic carbocycles. The minimum absolute atomic E-state index is 0.120. The molecule has 0 saturated carbocycles. The van der Waals surface area contributed by atoms with Crippen molar-refractivity contribution in [2.45, 2.75) is 39.2 Å². The topological polar surface area (TPSA) is 79.9 Å². The van der Waals surface area contributed by atoms with Gasteiger partial charge in [-0.1, -0.05) is 25.1 Å². The van der Waals surface area contributed by atoms with Gasteiger partial charge in [0, 0.05) is 24.6 Å². The molecule has 2 aromatic rings. The molecule has 6 nitrogen and oxygen atoms in total. The number of H-pyrrole nitrogens is 1. The van der Waals surface area contributed by atoms with E-state index < -0.39 is 0 Å². The molecule has 0 radical (unpaired) electrons. The van der Waals surface area contributed by atoms with Gasteiger partial charge in [0.15, 0.2) is 0 Å². The highest BCUT2D eigenvalue weighted by atomic mass is 16.5. The molecule has 1 aromatic heterocycles. The summed E-state index contributed by atoms with van der Waals surface area (Å²) in [4.78, 5) is 15.9. The van der Waals surface area contributed by atoms with E-state index in [0.29, 0.717) is 6.54 Å². The van der Waals surface area contributed by atoms with Crippen molar-refractivity contribution in [3.8, 4) is 5.75 Å². The number of carbonyl (C=O) groups excluding carboxylic acids is 1. The number of aryl methyl sites for hydroxylation is 1. The number of ether oxygens (including phenoxy) is 1. The largest absolute Gasteiger partial charge is 0.490 e. The van der Waals surface area contributed by atoms with Gasteiger partial charge >= 0.3 is 0 Å². The van der Waals surface area contributed by atoms with Crippen molar-refractivity contribution in [1.29, 1.82) is 0 Å². The number of nitrogens with zero attached hydrogens (tertiary/aromatic N) is 2. The number of benzene rings is 1. The van der Waals surface area contributed by atoms with Crippen molar-refractivity contribution < 1.29 is 9.53 Å². The Morgan fingerprint density at radius 2 is 2.25 bits per heavy atom. The first kappa shape index (κ1) is 17.7. The first-order chi connectivity index (χ1) is 11.7. The van der Waals surface area contributed by atoms with E-state index in [1.54, 1.807) is 6.08 Å². The van der Waals surface area contributed by atoms with Crippen LogP contribution in [-0.4, -0.2) is 33.7 Å². The first-order valence-electron chi connectivity index (χ1n) is 8.25. The van der Waals surface area contributed by atoms with Crippen LogP contribution >= 0.6 is 0 Å². The van der Waals surface area contributed by atoms with Crippen LogP contribution in [0.15, 0.2) is 36.7 Å². The third-order valence-corrected chi connectivity index (χ3v) is 3.59. The monoisotopic (exact) mass is 328 g/mol. The van der Waals surface area contributed by atoms with Crippen LogP contribution in [0, 0.1) is 0 Å². The predicted molar refractivity (Wildman–Crippen MR) is 93.6 cm³/mol. The summed E-state index contributed by atoms with van der Waals surface area (Å²) >= 11 is 0. The van der Waals surface area contributed by atoms with E-state index in [1.165, 1.54) is 12.4 Å². The van der Waals surface area contributed by atoms with Gasteiger partial charge in [0.1, 0.15) is 17.9 Å². The lowest BCUT2D eigenvalue weighted by Gasteiger charge is -2.14. The maximum Gasteiger partial charge on any atom is 0.244 e. The summed E-state index contributed by atoms with van der Waals surface area (Å²) in [7, 11) is 0. The van der Waals surface area contributed by atoms with E-state index >= 15 is 0 Å². The molecule has 0 fully saturated rings. The Kier molecular flexibility index (Phi) is 7.01. The molecule has 6 heteroatoms. The fourth-order valence-corrected chi connectivity index (χ4v) is 2.07. The highest BCUT2D eigenvalue weighted by molar-refractivity contribution is 5.92. The lowest BCUT2D eigenvalue weighted by molar-refractivity contribution is -0.116. The number of para-hydroxylation sites is 1. The third-order valence-electron chi connectivity index (χ3n) is 3.59. The van der Waals surface area contributed by atoms with E-state index in [4.69, 9.17) is 4.74 Å². The van der Waals surface area contributed by atoms with Gasteiger partial charge in [-0.15, -0.1) is 0 Å².